The van der Waals surface area contributed by atoms with Gasteiger partial charge in [0.25, 0.3) is 0 Å². The fourth-order valence-corrected chi connectivity index (χ4v) is 6.69. The van der Waals surface area contributed by atoms with Crippen LogP contribution >= 0.6 is 0 Å². The van der Waals surface area contributed by atoms with E-state index in [0.717, 1.165) is 56.1 Å². The van der Waals surface area contributed by atoms with Crippen LogP contribution in [-0.2, 0) is 0 Å². The van der Waals surface area contributed by atoms with Gasteiger partial charge in [-0.05, 0) is 64.6 Å². The van der Waals surface area contributed by atoms with Crippen molar-refractivity contribution in [3.63, 3.8) is 0 Å². The first-order valence-corrected chi connectivity index (χ1v) is 17.0. The Kier molecular flexibility index (Phi) is 8.46. The summed E-state index contributed by atoms with van der Waals surface area (Å²) in [6, 6.07) is 46.5. The third kappa shape index (κ3) is 6.29. The van der Waals surface area contributed by atoms with E-state index in [1.54, 1.807) is 0 Å². The van der Waals surface area contributed by atoms with Crippen molar-refractivity contribution in [2.24, 2.45) is 0 Å². The molecule has 1 aromatic heterocycles. The van der Waals surface area contributed by atoms with Gasteiger partial charge in [0.05, 0.1) is 11.4 Å². The monoisotopic (exact) mass is 644 g/mol. The molecule has 3 nitrogen and oxygen atoms in total. The molecule has 8 rings (SSSR count). The number of nitrogens with zero attached hydrogens (tertiary/aromatic N) is 2. The summed E-state index contributed by atoms with van der Waals surface area (Å²) in [6.45, 7) is 6.52. The Morgan fingerprint density at radius 3 is 1.74 bits per heavy atom. The minimum Gasteiger partial charge on any atom is -0.485 e. The zero-order valence-electron chi connectivity index (χ0n) is 27.9. The molecule has 2 atom stereocenters. The summed E-state index contributed by atoms with van der Waals surface area (Å²) < 4.78 is 6.34. The van der Waals surface area contributed by atoms with Crippen LogP contribution in [0.4, 0.5) is 0 Å². The number of allylic oxidation sites excluding steroid dienone is 7. The van der Waals surface area contributed by atoms with Crippen LogP contribution in [0.1, 0.15) is 29.8 Å². The maximum Gasteiger partial charge on any atom is 0.159 e. The second kappa shape index (κ2) is 13.7. The average molecular weight is 645 g/mol. The molecule has 0 bridgehead atoms. The van der Waals surface area contributed by atoms with E-state index in [4.69, 9.17) is 14.7 Å². The summed E-state index contributed by atoms with van der Waals surface area (Å²) in [5, 5.41) is 0. The first-order valence-electron chi connectivity index (χ1n) is 17.0. The lowest BCUT2D eigenvalue weighted by atomic mass is 9.90. The number of hydrogen-bond acceptors (Lipinski definition) is 3. The molecule has 1 aliphatic carbocycles. The highest BCUT2D eigenvalue weighted by Crippen LogP contribution is 2.42. The quantitative estimate of drug-likeness (QED) is 0.155. The van der Waals surface area contributed by atoms with Crippen LogP contribution in [0.2, 0.25) is 0 Å². The van der Waals surface area contributed by atoms with Crippen molar-refractivity contribution in [3.8, 4) is 50.5 Å². The van der Waals surface area contributed by atoms with Crippen molar-refractivity contribution in [2.75, 3.05) is 0 Å². The molecule has 0 saturated carbocycles. The van der Waals surface area contributed by atoms with Gasteiger partial charge in [-0.1, -0.05) is 158 Å². The Labute approximate surface area is 294 Å². The zero-order valence-corrected chi connectivity index (χ0v) is 27.9. The highest BCUT2D eigenvalue weighted by atomic mass is 16.5. The molecule has 3 heteroatoms. The molecular weight excluding hydrogens is 609 g/mol. The predicted octanol–water partition coefficient (Wildman–Crippen LogP) is 11.8. The third-order valence-electron chi connectivity index (χ3n) is 9.32. The Hall–Kier alpha value is -6.32. The second-order valence-electron chi connectivity index (χ2n) is 12.6. The van der Waals surface area contributed by atoms with Crippen LogP contribution in [0.3, 0.4) is 0 Å². The van der Waals surface area contributed by atoms with Crippen molar-refractivity contribution in [1.82, 2.24) is 9.97 Å². The maximum absolute atomic E-state index is 6.34. The molecule has 0 radical (unpaired) electrons. The molecule has 240 valence electrons. The summed E-state index contributed by atoms with van der Waals surface area (Å²) in [4.78, 5) is 10.2. The first kappa shape index (κ1) is 31.0. The van der Waals surface area contributed by atoms with Crippen molar-refractivity contribution < 1.29 is 4.74 Å². The summed E-state index contributed by atoms with van der Waals surface area (Å²) in [6.07, 6.45) is 14.8. The van der Waals surface area contributed by atoms with Gasteiger partial charge in [-0.3, -0.25) is 0 Å². The number of fused-ring (bicyclic) bond motifs is 3. The highest BCUT2D eigenvalue weighted by molar-refractivity contribution is 5.87. The van der Waals surface area contributed by atoms with Gasteiger partial charge in [-0.25, -0.2) is 9.97 Å². The van der Waals surface area contributed by atoms with E-state index in [1.807, 2.05) is 25.1 Å². The van der Waals surface area contributed by atoms with Crippen molar-refractivity contribution in [3.05, 3.63) is 200 Å². The average Bonchev–Trinajstić information content (AvgIpc) is 3.56. The molecule has 0 amide bonds. The normalized spacial score (nSPS) is 16.2. The molecule has 0 saturated heterocycles. The van der Waals surface area contributed by atoms with Crippen LogP contribution in [0.15, 0.2) is 183 Å². The molecular formula is C47H36N2O. The molecule has 2 unspecified atom stereocenters. The van der Waals surface area contributed by atoms with E-state index in [-0.39, 0.29) is 12.0 Å². The highest BCUT2D eigenvalue weighted by Gasteiger charge is 2.32. The van der Waals surface area contributed by atoms with Gasteiger partial charge < -0.3 is 4.74 Å². The molecule has 0 fully saturated rings. The van der Waals surface area contributed by atoms with E-state index in [9.17, 15) is 0 Å². The minimum absolute atomic E-state index is 0.0486. The van der Waals surface area contributed by atoms with Crippen LogP contribution in [0.25, 0.3) is 55.9 Å². The number of benzene rings is 5. The molecule has 2 heterocycles. The standard InChI is InChI=1S/C47H36N2O/c1-3-12-39(40-27-28-42-41-17-10-11-18-45(41)50-46(42)30-40)29-32(2)47-48-43(37-23-19-35(20-24-37)33-13-6-4-7-14-33)31-44(49-47)38-25-21-36(22-26-38)34-15-8-5-9-16-34/h3-31,41,45H,2H2,1H3/b12-3-,39-29+. The van der Waals surface area contributed by atoms with Gasteiger partial charge in [-0.2, -0.15) is 0 Å². The van der Waals surface area contributed by atoms with E-state index < -0.39 is 0 Å². The van der Waals surface area contributed by atoms with Crippen LogP contribution in [0, 0.1) is 0 Å². The SMILES string of the molecule is C=C(/C=C(\C=C/C)c1ccc2c(c1)OC1C=CC=CC21)c1nc(-c2ccc(-c3ccccc3)cc2)cc(-c2ccc(-c3ccccc3)cc2)n1. The molecule has 50 heavy (non-hydrogen) atoms. The lowest BCUT2D eigenvalue weighted by Crippen LogP contribution is -2.15. The molecule has 2 aliphatic rings. The molecule has 5 aromatic carbocycles. The maximum atomic E-state index is 6.34. The van der Waals surface area contributed by atoms with Crippen molar-refractivity contribution in [2.45, 2.75) is 18.9 Å². The fourth-order valence-electron chi connectivity index (χ4n) is 6.69. The van der Waals surface area contributed by atoms with E-state index in [1.165, 1.54) is 16.7 Å². The van der Waals surface area contributed by atoms with E-state index in [2.05, 4.69) is 164 Å². The Bertz CT molecular complexity index is 2190. The first-order chi connectivity index (χ1) is 24.6. The van der Waals surface area contributed by atoms with Gasteiger partial charge in [0.15, 0.2) is 5.82 Å². The van der Waals surface area contributed by atoms with E-state index >= 15 is 0 Å². The smallest absolute Gasteiger partial charge is 0.159 e. The molecule has 6 aromatic rings. The second-order valence-corrected chi connectivity index (χ2v) is 12.6. The molecule has 0 N–H and O–H groups in total. The number of aromatic nitrogens is 2. The third-order valence-corrected chi connectivity index (χ3v) is 9.32. The summed E-state index contributed by atoms with van der Waals surface area (Å²) in [5.41, 5.74) is 12.4. The zero-order chi connectivity index (χ0) is 33.9. The summed E-state index contributed by atoms with van der Waals surface area (Å²) in [7, 11) is 0. The van der Waals surface area contributed by atoms with Crippen molar-refractivity contribution in [1.29, 1.82) is 0 Å². The lowest BCUT2D eigenvalue weighted by molar-refractivity contribution is 0.269. The van der Waals surface area contributed by atoms with E-state index in [0.29, 0.717) is 5.82 Å². The Balaban J connectivity index is 1.17. The van der Waals surface area contributed by atoms with Crippen LogP contribution in [-0.4, -0.2) is 16.1 Å². The van der Waals surface area contributed by atoms with Crippen LogP contribution < -0.4 is 4.74 Å². The predicted molar refractivity (Wildman–Crippen MR) is 207 cm³/mol. The lowest BCUT2D eigenvalue weighted by Gasteiger charge is -2.13. The topological polar surface area (TPSA) is 35.0 Å². The van der Waals surface area contributed by atoms with Gasteiger partial charge in [0, 0.05) is 28.2 Å². The molecule has 1 aliphatic heterocycles. The van der Waals surface area contributed by atoms with Crippen LogP contribution in [0.5, 0.6) is 5.75 Å². The van der Waals surface area contributed by atoms with Gasteiger partial charge in [0.1, 0.15) is 11.9 Å². The molecule has 0 spiro atoms. The Morgan fingerprint density at radius 1 is 0.620 bits per heavy atom. The Morgan fingerprint density at radius 2 is 1.16 bits per heavy atom. The van der Waals surface area contributed by atoms with Gasteiger partial charge in [-0.15, -0.1) is 0 Å². The minimum atomic E-state index is 0.0486. The number of hydrogen-bond donors (Lipinski definition) is 0. The van der Waals surface area contributed by atoms with Crippen molar-refractivity contribution >= 4 is 11.1 Å². The number of rotatable bonds is 8. The summed E-state index contributed by atoms with van der Waals surface area (Å²) >= 11 is 0. The summed E-state index contributed by atoms with van der Waals surface area (Å²) in [5.74, 6) is 1.76. The van der Waals surface area contributed by atoms with Gasteiger partial charge in [0.2, 0.25) is 0 Å². The largest absolute Gasteiger partial charge is 0.485 e. The number of ether oxygens (including phenoxy) is 1. The van der Waals surface area contributed by atoms with Gasteiger partial charge >= 0.3 is 0 Å². The fraction of sp³-hybridized carbons (Fsp3) is 0.0638.